The first-order valence-electron chi connectivity index (χ1n) is 9.69. The van der Waals surface area contributed by atoms with Gasteiger partial charge in [-0.05, 0) is 37.2 Å². The zero-order valence-corrected chi connectivity index (χ0v) is 17.4. The highest BCUT2D eigenvalue weighted by atomic mass is 32.1. The molecule has 7 nitrogen and oxygen atoms in total. The SMILES string of the molecule is CN1C(=O)/C(=C/c2cn(CC(=O)NC[C@@H]3CCCO3)c3ccccc23)N(C)C1=S. The fourth-order valence-corrected chi connectivity index (χ4v) is 3.98. The zero-order valence-electron chi connectivity index (χ0n) is 16.6. The van der Waals surface area contributed by atoms with Gasteiger partial charge in [0.1, 0.15) is 12.2 Å². The third kappa shape index (κ3) is 3.77. The molecule has 2 aliphatic heterocycles. The van der Waals surface area contributed by atoms with Crippen molar-refractivity contribution >= 4 is 46.1 Å². The predicted octanol–water partition coefficient (Wildman–Crippen LogP) is 1.97. The molecule has 2 fully saturated rings. The summed E-state index contributed by atoms with van der Waals surface area (Å²) >= 11 is 5.29. The maximum Gasteiger partial charge on any atom is 0.276 e. The molecular weight excluding hydrogens is 388 g/mol. The van der Waals surface area contributed by atoms with Crippen molar-refractivity contribution in [2.45, 2.75) is 25.5 Å². The van der Waals surface area contributed by atoms with E-state index in [4.69, 9.17) is 17.0 Å². The van der Waals surface area contributed by atoms with E-state index >= 15 is 0 Å². The van der Waals surface area contributed by atoms with Gasteiger partial charge in [0.2, 0.25) is 5.91 Å². The normalized spacial score (nSPS) is 21.0. The second kappa shape index (κ2) is 7.96. The summed E-state index contributed by atoms with van der Waals surface area (Å²) < 4.78 is 7.47. The zero-order chi connectivity index (χ0) is 20.5. The number of aromatic nitrogens is 1. The number of para-hydroxylation sites is 1. The summed E-state index contributed by atoms with van der Waals surface area (Å²) in [5.41, 5.74) is 2.33. The molecule has 0 bridgehead atoms. The van der Waals surface area contributed by atoms with Crippen LogP contribution in [0, 0.1) is 0 Å². The molecule has 0 aliphatic carbocycles. The Hall–Kier alpha value is -2.71. The summed E-state index contributed by atoms with van der Waals surface area (Å²) in [5, 5.41) is 4.41. The van der Waals surface area contributed by atoms with Crippen LogP contribution in [0.15, 0.2) is 36.2 Å². The van der Waals surface area contributed by atoms with Crippen LogP contribution in [-0.2, 0) is 20.9 Å². The minimum Gasteiger partial charge on any atom is -0.376 e. The predicted molar refractivity (Wildman–Crippen MR) is 115 cm³/mol. The molecule has 2 saturated heterocycles. The Balaban J connectivity index is 1.58. The molecule has 8 heteroatoms. The van der Waals surface area contributed by atoms with E-state index in [9.17, 15) is 9.59 Å². The van der Waals surface area contributed by atoms with Crippen molar-refractivity contribution in [1.82, 2.24) is 19.7 Å². The molecule has 2 aromatic rings. The van der Waals surface area contributed by atoms with Gasteiger partial charge in [-0.15, -0.1) is 0 Å². The molecule has 1 atom stereocenters. The number of carbonyl (C=O) groups excluding carboxylic acids is 2. The smallest absolute Gasteiger partial charge is 0.276 e. The molecule has 152 valence electrons. The minimum absolute atomic E-state index is 0.0598. The van der Waals surface area contributed by atoms with Crippen LogP contribution in [0.1, 0.15) is 18.4 Å². The van der Waals surface area contributed by atoms with Gasteiger partial charge in [-0.25, -0.2) is 0 Å². The number of nitrogens with zero attached hydrogens (tertiary/aromatic N) is 3. The number of amides is 2. The molecule has 1 N–H and O–H groups in total. The molecular formula is C21H24N4O3S. The number of ether oxygens (including phenoxy) is 1. The average Bonchev–Trinajstić information content (AvgIpc) is 3.40. The van der Waals surface area contributed by atoms with Gasteiger partial charge in [-0.3, -0.25) is 14.5 Å². The number of likely N-dealkylation sites (N-methyl/N-ethyl adjacent to an activating group) is 2. The Morgan fingerprint density at radius 1 is 1.31 bits per heavy atom. The highest BCUT2D eigenvalue weighted by Crippen LogP contribution is 2.27. The summed E-state index contributed by atoms with van der Waals surface area (Å²) in [5.74, 6) is -0.195. The van der Waals surface area contributed by atoms with Gasteiger partial charge in [0.05, 0.1) is 6.10 Å². The molecule has 0 unspecified atom stereocenters. The summed E-state index contributed by atoms with van der Waals surface area (Å²) in [6, 6.07) is 7.85. The van der Waals surface area contributed by atoms with Crippen LogP contribution in [0.5, 0.6) is 0 Å². The quantitative estimate of drug-likeness (QED) is 0.601. The Bertz CT molecular complexity index is 1010. The summed E-state index contributed by atoms with van der Waals surface area (Å²) in [7, 11) is 3.46. The molecule has 0 radical (unpaired) electrons. The topological polar surface area (TPSA) is 66.8 Å². The van der Waals surface area contributed by atoms with Crippen molar-refractivity contribution in [2.24, 2.45) is 0 Å². The highest BCUT2D eigenvalue weighted by molar-refractivity contribution is 7.80. The standard InChI is InChI=1S/C21H24N4O3S/c1-23-18(20(27)24(2)21(23)29)10-14-12-25(17-8-4-3-7-16(14)17)13-19(26)22-11-15-6-5-9-28-15/h3-4,7-8,10,12,15H,5-6,9,11,13H2,1-2H3,(H,22,26)/b18-10-/t15-/m0/s1. The molecule has 2 amide bonds. The number of rotatable bonds is 5. The second-order valence-corrected chi connectivity index (χ2v) is 7.77. The van der Waals surface area contributed by atoms with E-state index in [0.29, 0.717) is 17.4 Å². The van der Waals surface area contributed by atoms with E-state index < -0.39 is 0 Å². The van der Waals surface area contributed by atoms with Crippen molar-refractivity contribution < 1.29 is 14.3 Å². The average molecular weight is 413 g/mol. The lowest BCUT2D eigenvalue weighted by atomic mass is 10.1. The second-order valence-electron chi connectivity index (χ2n) is 7.40. The van der Waals surface area contributed by atoms with Gasteiger partial charge < -0.3 is 19.5 Å². The third-order valence-electron chi connectivity index (χ3n) is 5.44. The fraction of sp³-hybridized carbons (Fsp3) is 0.381. The molecule has 1 aromatic carbocycles. The van der Waals surface area contributed by atoms with Gasteiger partial charge in [0.15, 0.2) is 5.11 Å². The maximum absolute atomic E-state index is 12.5. The van der Waals surface area contributed by atoms with E-state index in [2.05, 4.69) is 5.32 Å². The summed E-state index contributed by atoms with van der Waals surface area (Å²) in [6.07, 6.45) is 5.90. The summed E-state index contributed by atoms with van der Waals surface area (Å²) in [6.45, 7) is 1.52. The van der Waals surface area contributed by atoms with Crippen LogP contribution < -0.4 is 5.32 Å². The Kier molecular flexibility index (Phi) is 5.38. The van der Waals surface area contributed by atoms with Crippen LogP contribution in [0.3, 0.4) is 0 Å². The Labute approximate surface area is 174 Å². The molecule has 1 aromatic heterocycles. The number of thiocarbonyl (C=S) groups is 1. The first kappa shape index (κ1) is 19.6. The number of hydrogen-bond donors (Lipinski definition) is 1. The lowest BCUT2D eigenvalue weighted by Crippen LogP contribution is -2.34. The third-order valence-corrected chi connectivity index (χ3v) is 5.98. The van der Waals surface area contributed by atoms with Crippen LogP contribution >= 0.6 is 12.2 Å². The van der Waals surface area contributed by atoms with Gasteiger partial charge in [-0.2, -0.15) is 0 Å². The van der Waals surface area contributed by atoms with Crippen LogP contribution in [-0.4, -0.2) is 64.6 Å². The van der Waals surface area contributed by atoms with Gasteiger partial charge in [0.25, 0.3) is 5.91 Å². The lowest BCUT2D eigenvalue weighted by molar-refractivity contribution is -0.122. The van der Waals surface area contributed by atoms with Crippen molar-refractivity contribution in [3.05, 3.63) is 41.7 Å². The molecule has 2 aliphatic rings. The molecule has 3 heterocycles. The van der Waals surface area contributed by atoms with Gasteiger partial charge in [-0.1, -0.05) is 18.2 Å². The van der Waals surface area contributed by atoms with Crippen molar-refractivity contribution in [1.29, 1.82) is 0 Å². The molecule has 4 rings (SSSR count). The van der Waals surface area contributed by atoms with E-state index in [1.165, 1.54) is 4.90 Å². The van der Waals surface area contributed by atoms with E-state index in [1.54, 1.807) is 19.0 Å². The first-order chi connectivity index (χ1) is 14.0. The maximum atomic E-state index is 12.5. The fourth-order valence-electron chi connectivity index (χ4n) is 3.80. The monoisotopic (exact) mass is 412 g/mol. The molecule has 29 heavy (non-hydrogen) atoms. The van der Waals surface area contributed by atoms with Gasteiger partial charge >= 0.3 is 0 Å². The van der Waals surface area contributed by atoms with Crippen LogP contribution in [0.2, 0.25) is 0 Å². The van der Waals surface area contributed by atoms with Crippen LogP contribution in [0.25, 0.3) is 17.0 Å². The minimum atomic E-state index is -0.136. The Morgan fingerprint density at radius 2 is 2.10 bits per heavy atom. The molecule has 0 saturated carbocycles. The number of fused-ring (bicyclic) bond motifs is 1. The molecule has 0 spiro atoms. The van der Waals surface area contributed by atoms with Crippen LogP contribution in [0.4, 0.5) is 0 Å². The lowest BCUT2D eigenvalue weighted by Gasteiger charge is -2.11. The Morgan fingerprint density at radius 3 is 2.79 bits per heavy atom. The largest absolute Gasteiger partial charge is 0.376 e. The van der Waals surface area contributed by atoms with Crippen molar-refractivity contribution in [3.8, 4) is 0 Å². The highest BCUT2D eigenvalue weighted by Gasteiger charge is 2.33. The van der Waals surface area contributed by atoms with E-state index in [1.807, 2.05) is 41.1 Å². The number of benzene rings is 1. The van der Waals surface area contributed by atoms with E-state index in [0.717, 1.165) is 35.9 Å². The number of hydrogen-bond acceptors (Lipinski definition) is 4. The van der Waals surface area contributed by atoms with Gasteiger partial charge in [0, 0.05) is 49.9 Å². The first-order valence-corrected chi connectivity index (χ1v) is 10.1. The number of carbonyl (C=O) groups is 2. The number of nitrogens with one attached hydrogen (secondary N) is 1. The van der Waals surface area contributed by atoms with Crippen molar-refractivity contribution in [2.75, 3.05) is 27.2 Å². The van der Waals surface area contributed by atoms with E-state index in [-0.39, 0.29) is 24.5 Å². The summed E-state index contributed by atoms with van der Waals surface area (Å²) in [4.78, 5) is 28.1. The van der Waals surface area contributed by atoms with Crippen molar-refractivity contribution in [3.63, 3.8) is 0 Å².